The monoisotopic (exact) mass is 380 g/mol. The molecule has 0 radical (unpaired) electrons. The number of rotatable bonds is 1. The van der Waals surface area contributed by atoms with Gasteiger partial charge in [-0.05, 0) is 60.6 Å². The van der Waals surface area contributed by atoms with E-state index < -0.39 is 0 Å². The molecule has 1 aliphatic carbocycles. The van der Waals surface area contributed by atoms with Gasteiger partial charge in [0.15, 0.2) is 5.78 Å². The highest BCUT2D eigenvalue weighted by molar-refractivity contribution is 6.31. The fourth-order valence-corrected chi connectivity index (χ4v) is 4.40. The van der Waals surface area contributed by atoms with Gasteiger partial charge in [-0.15, -0.1) is 0 Å². The Hall–Kier alpha value is -2.26. The summed E-state index contributed by atoms with van der Waals surface area (Å²) in [5, 5.41) is 7.88. The smallest absolute Gasteiger partial charge is 0.163 e. The molecule has 140 valence electrons. The number of aryl methyl sites for hydroxylation is 2. The number of halogens is 1. The number of fused-ring (bicyclic) bond motifs is 1. The molecule has 2 aliphatic rings. The fourth-order valence-electron chi connectivity index (χ4n) is 4.15. The Bertz CT molecular complexity index is 974. The molecule has 2 aromatic carbocycles. The summed E-state index contributed by atoms with van der Waals surface area (Å²) >= 11 is 6.54. The molecule has 1 aliphatic heterocycles. The molecule has 1 heterocycles. The highest BCUT2D eigenvalue weighted by Gasteiger charge is 2.39. The van der Waals surface area contributed by atoms with E-state index in [0.717, 1.165) is 34.6 Å². The van der Waals surface area contributed by atoms with E-state index in [4.69, 9.17) is 11.6 Å². The van der Waals surface area contributed by atoms with Crippen molar-refractivity contribution in [3.63, 3.8) is 0 Å². The highest BCUT2D eigenvalue weighted by Crippen LogP contribution is 2.46. The topological polar surface area (TPSA) is 41.1 Å². The van der Waals surface area contributed by atoms with Gasteiger partial charge in [0, 0.05) is 22.7 Å². The Labute approximate surface area is 165 Å². The molecule has 0 fully saturated rings. The molecule has 0 saturated carbocycles. The van der Waals surface area contributed by atoms with Crippen molar-refractivity contribution in [3.8, 4) is 0 Å². The first kappa shape index (κ1) is 18.1. The average Bonchev–Trinajstić information content (AvgIpc) is 2.71. The third kappa shape index (κ3) is 3.25. The van der Waals surface area contributed by atoms with Crippen LogP contribution in [0.4, 0.5) is 11.4 Å². The van der Waals surface area contributed by atoms with Gasteiger partial charge in [0.05, 0.1) is 17.4 Å². The van der Waals surface area contributed by atoms with E-state index in [1.807, 2.05) is 24.3 Å². The van der Waals surface area contributed by atoms with Crippen molar-refractivity contribution in [2.24, 2.45) is 5.41 Å². The molecule has 4 rings (SSSR count). The first-order chi connectivity index (χ1) is 12.7. The van der Waals surface area contributed by atoms with Crippen molar-refractivity contribution >= 4 is 28.8 Å². The maximum atomic E-state index is 13.2. The molecule has 0 spiro atoms. The summed E-state index contributed by atoms with van der Waals surface area (Å²) in [4.78, 5) is 13.2. The van der Waals surface area contributed by atoms with Crippen molar-refractivity contribution in [1.82, 2.24) is 0 Å². The van der Waals surface area contributed by atoms with E-state index in [-0.39, 0.29) is 17.2 Å². The van der Waals surface area contributed by atoms with Gasteiger partial charge in [0.1, 0.15) is 0 Å². The first-order valence-electron chi connectivity index (χ1n) is 9.41. The molecule has 0 aromatic heterocycles. The van der Waals surface area contributed by atoms with Gasteiger partial charge >= 0.3 is 0 Å². The van der Waals surface area contributed by atoms with Gasteiger partial charge in [-0.25, -0.2) is 0 Å². The lowest BCUT2D eigenvalue weighted by Crippen LogP contribution is -2.31. The molecular weight excluding hydrogens is 356 g/mol. The number of allylic oxidation sites excluding steroid dienone is 1. The summed E-state index contributed by atoms with van der Waals surface area (Å²) in [6.07, 6.45) is 1.38. The van der Waals surface area contributed by atoms with Crippen molar-refractivity contribution in [2.45, 2.75) is 46.6 Å². The van der Waals surface area contributed by atoms with Gasteiger partial charge < -0.3 is 10.6 Å². The van der Waals surface area contributed by atoms with Crippen molar-refractivity contribution in [3.05, 3.63) is 69.4 Å². The SMILES string of the molecule is Cc1cc2c(cc1C)NC(c1ccccc1Cl)C1=C(CC(C)(C)CC1=O)N2. The summed E-state index contributed by atoms with van der Waals surface area (Å²) in [6, 6.07) is 11.8. The summed E-state index contributed by atoms with van der Waals surface area (Å²) in [7, 11) is 0. The minimum absolute atomic E-state index is 0.0573. The van der Waals surface area contributed by atoms with Crippen molar-refractivity contribution in [2.75, 3.05) is 10.6 Å². The standard InChI is InChI=1S/C23H25ClN2O/c1-13-9-17-18(10-14(13)2)26-22(15-7-5-6-8-16(15)24)21-19(25-17)11-23(3,4)12-20(21)27/h5-10,22,25-26H,11-12H2,1-4H3. The van der Waals surface area contributed by atoms with Gasteiger partial charge in [0.25, 0.3) is 0 Å². The van der Waals surface area contributed by atoms with E-state index in [9.17, 15) is 4.79 Å². The van der Waals surface area contributed by atoms with Crippen LogP contribution in [-0.4, -0.2) is 5.78 Å². The summed E-state index contributed by atoms with van der Waals surface area (Å²) < 4.78 is 0. The molecule has 4 heteroatoms. The lowest BCUT2D eigenvalue weighted by atomic mass is 9.73. The molecule has 2 N–H and O–H groups in total. The molecule has 0 saturated heterocycles. The Morgan fingerprint density at radius 2 is 1.70 bits per heavy atom. The zero-order valence-corrected chi connectivity index (χ0v) is 17.0. The third-order valence-electron chi connectivity index (χ3n) is 5.64. The van der Waals surface area contributed by atoms with Gasteiger partial charge in [-0.2, -0.15) is 0 Å². The van der Waals surface area contributed by atoms with Crippen molar-refractivity contribution < 1.29 is 4.79 Å². The highest BCUT2D eigenvalue weighted by atomic mass is 35.5. The van der Waals surface area contributed by atoms with Crippen LogP contribution in [-0.2, 0) is 4.79 Å². The lowest BCUT2D eigenvalue weighted by Gasteiger charge is -2.34. The second-order valence-electron chi connectivity index (χ2n) is 8.54. The van der Waals surface area contributed by atoms with Crippen LogP contribution >= 0.6 is 11.6 Å². The van der Waals surface area contributed by atoms with Crippen LogP contribution in [0.15, 0.2) is 47.7 Å². The first-order valence-corrected chi connectivity index (χ1v) is 9.78. The number of hydrogen-bond acceptors (Lipinski definition) is 3. The average molecular weight is 381 g/mol. The number of nitrogens with one attached hydrogen (secondary N) is 2. The number of anilines is 2. The normalized spacial score (nSPS) is 20.9. The largest absolute Gasteiger partial charge is 0.372 e. The Morgan fingerprint density at radius 3 is 2.41 bits per heavy atom. The second-order valence-corrected chi connectivity index (χ2v) is 8.95. The van der Waals surface area contributed by atoms with Gasteiger partial charge in [-0.1, -0.05) is 43.6 Å². The molecule has 0 bridgehead atoms. The molecular formula is C23H25ClN2O. The zero-order chi connectivity index (χ0) is 19.3. The number of ketones is 1. The number of benzene rings is 2. The second kappa shape index (κ2) is 6.42. The summed E-state index contributed by atoms with van der Waals surface area (Å²) in [6.45, 7) is 8.52. The Balaban J connectivity index is 1.93. The number of hydrogen-bond donors (Lipinski definition) is 2. The zero-order valence-electron chi connectivity index (χ0n) is 16.2. The van der Waals surface area contributed by atoms with Crippen LogP contribution in [0.2, 0.25) is 5.02 Å². The predicted octanol–water partition coefficient (Wildman–Crippen LogP) is 6.18. The molecule has 1 unspecified atom stereocenters. The van der Waals surface area contributed by atoms with E-state index >= 15 is 0 Å². The van der Waals surface area contributed by atoms with Crippen LogP contribution in [0.3, 0.4) is 0 Å². The van der Waals surface area contributed by atoms with Crippen LogP contribution in [0.1, 0.15) is 49.4 Å². The number of carbonyl (C=O) groups excluding carboxylic acids is 1. The van der Waals surface area contributed by atoms with Crippen molar-refractivity contribution in [1.29, 1.82) is 0 Å². The molecule has 2 aromatic rings. The van der Waals surface area contributed by atoms with Crippen LogP contribution in [0.5, 0.6) is 0 Å². The fraction of sp³-hybridized carbons (Fsp3) is 0.348. The minimum Gasteiger partial charge on any atom is -0.372 e. The summed E-state index contributed by atoms with van der Waals surface area (Å²) in [5.41, 5.74) is 7.17. The quantitative estimate of drug-likeness (QED) is 0.620. The number of Topliss-reactive ketones (excluding diaryl/α,β-unsaturated/α-hetero) is 1. The Kier molecular flexibility index (Phi) is 4.31. The maximum Gasteiger partial charge on any atom is 0.163 e. The molecule has 0 amide bonds. The van der Waals surface area contributed by atoms with E-state index in [2.05, 4.69) is 50.5 Å². The number of carbonyl (C=O) groups is 1. The van der Waals surface area contributed by atoms with Gasteiger partial charge in [0.2, 0.25) is 0 Å². The maximum absolute atomic E-state index is 13.2. The molecule has 1 atom stereocenters. The van der Waals surface area contributed by atoms with E-state index in [0.29, 0.717) is 11.4 Å². The predicted molar refractivity (Wildman–Crippen MR) is 112 cm³/mol. The van der Waals surface area contributed by atoms with E-state index in [1.165, 1.54) is 11.1 Å². The molecule has 27 heavy (non-hydrogen) atoms. The lowest BCUT2D eigenvalue weighted by molar-refractivity contribution is -0.118. The van der Waals surface area contributed by atoms with Crippen LogP contribution < -0.4 is 10.6 Å². The van der Waals surface area contributed by atoms with Crippen LogP contribution in [0, 0.1) is 19.3 Å². The van der Waals surface area contributed by atoms with E-state index in [1.54, 1.807) is 0 Å². The van der Waals surface area contributed by atoms with Crippen LogP contribution in [0.25, 0.3) is 0 Å². The summed E-state index contributed by atoms with van der Waals surface area (Å²) in [5.74, 6) is 0.187. The minimum atomic E-state index is -0.256. The third-order valence-corrected chi connectivity index (χ3v) is 5.99. The Morgan fingerprint density at radius 1 is 1.04 bits per heavy atom. The molecule has 3 nitrogen and oxygen atoms in total. The van der Waals surface area contributed by atoms with Gasteiger partial charge in [-0.3, -0.25) is 4.79 Å².